The Morgan fingerprint density at radius 2 is 2.04 bits per heavy atom. The maximum Gasteiger partial charge on any atom is 0.291 e. The second-order valence-electron chi connectivity index (χ2n) is 6.94. The number of aryl methyl sites for hydroxylation is 2. The minimum Gasteiger partial charge on any atom is -0.346 e. The van der Waals surface area contributed by atoms with Crippen molar-refractivity contribution in [2.75, 3.05) is 0 Å². The number of rotatable bonds is 3. The fourth-order valence-electron chi connectivity index (χ4n) is 4.17. The Kier molecular flexibility index (Phi) is 3.43. The van der Waals surface area contributed by atoms with Crippen LogP contribution in [0.4, 0.5) is 0 Å². The molecule has 1 amide bonds. The van der Waals surface area contributed by atoms with Crippen molar-refractivity contribution >= 4 is 5.91 Å². The highest BCUT2D eigenvalue weighted by Gasteiger charge is 2.40. The Balaban J connectivity index is 1.55. The third-order valence-corrected chi connectivity index (χ3v) is 5.37. The number of aromatic nitrogens is 3. The van der Waals surface area contributed by atoms with E-state index in [1.54, 1.807) is 4.68 Å². The monoisotopic (exact) mass is 310 g/mol. The summed E-state index contributed by atoms with van der Waals surface area (Å²) in [6.07, 6.45) is 4.97. The van der Waals surface area contributed by atoms with Crippen molar-refractivity contribution in [2.45, 2.75) is 45.6 Å². The Labute approximate surface area is 136 Å². The van der Waals surface area contributed by atoms with Crippen molar-refractivity contribution in [3.63, 3.8) is 0 Å². The zero-order valence-corrected chi connectivity index (χ0v) is 13.6. The number of benzene rings is 1. The minimum absolute atomic E-state index is 0.141. The number of carbonyl (C=O) groups excluding carboxylic acids is 1. The Bertz CT molecular complexity index is 751. The third kappa shape index (κ3) is 2.54. The van der Waals surface area contributed by atoms with Gasteiger partial charge in [-0.05, 0) is 56.6 Å². The van der Waals surface area contributed by atoms with Crippen molar-refractivity contribution in [2.24, 2.45) is 11.8 Å². The van der Waals surface area contributed by atoms with E-state index in [4.69, 9.17) is 0 Å². The molecule has 3 atom stereocenters. The molecular weight excluding hydrogens is 288 g/mol. The highest BCUT2D eigenvalue weighted by molar-refractivity contribution is 5.90. The molecule has 5 nitrogen and oxygen atoms in total. The zero-order valence-electron chi connectivity index (χ0n) is 13.6. The van der Waals surface area contributed by atoms with E-state index in [0.717, 1.165) is 29.4 Å². The first kappa shape index (κ1) is 14.4. The molecule has 0 saturated heterocycles. The SMILES string of the molecule is Cc1ccccc1-n1nc(C(=O)N[C@@H]2C[C@H]3CC[C@H]2C3)nc1C. The van der Waals surface area contributed by atoms with E-state index >= 15 is 0 Å². The highest BCUT2D eigenvalue weighted by Crippen LogP contribution is 2.44. The first-order valence-electron chi connectivity index (χ1n) is 8.42. The Morgan fingerprint density at radius 3 is 2.74 bits per heavy atom. The van der Waals surface area contributed by atoms with Crippen LogP contribution in [0.5, 0.6) is 0 Å². The average molecular weight is 310 g/mol. The molecule has 2 aromatic rings. The quantitative estimate of drug-likeness (QED) is 0.948. The number of hydrogen-bond acceptors (Lipinski definition) is 3. The normalized spacial score (nSPS) is 25.7. The largest absolute Gasteiger partial charge is 0.346 e. The van der Waals surface area contributed by atoms with Crippen molar-refractivity contribution < 1.29 is 4.79 Å². The Hall–Kier alpha value is -2.17. The van der Waals surface area contributed by atoms with Crippen LogP contribution in [0.2, 0.25) is 0 Å². The van der Waals surface area contributed by atoms with Gasteiger partial charge < -0.3 is 5.32 Å². The van der Waals surface area contributed by atoms with Gasteiger partial charge in [-0.1, -0.05) is 24.6 Å². The molecule has 0 radical (unpaired) electrons. The lowest BCUT2D eigenvalue weighted by Crippen LogP contribution is -2.39. The summed E-state index contributed by atoms with van der Waals surface area (Å²) >= 11 is 0. The second kappa shape index (κ2) is 5.48. The molecular formula is C18H22N4O. The van der Waals surface area contributed by atoms with Gasteiger partial charge in [-0.3, -0.25) is 4.79 Å². The maximum atomic E-state index is 12.5. The predicted octanol–water partition coefficient (Wildman–Crippen LogP) is 2.80. The summed E-state index contributed by atoms with van der Waals surface area (Å²) in [6.45, 7) is 3.92. The van der Waals surface area contributed by atoms with Gasteiger partial charge in [-0.25, -0.2) is 9.67 Å². The van der Waals surface area contributed by atoms with Crippen molar-refractivity contribution in [1.82, 2.24) is 20.1 Å². The summed E-state index contributed by atoms with van der Waals surface area (Å²) in [5.41, 5.74) is 2.08. The van der Waals surface area contributed by atoms with E-state index in [-0.39, 0.29) is 11.7 Å². The fraction of sp³-hybridized carbons (Fsp3) is 0.500. The van der Waals surface area contributed by atoms with Gasteiger partial charge in [0.25, 0.3) is 5.91 Å². The van der Waals surface area contributed by atoms with E-state index in [0.29, 0.717) is 12.0 Å². The fourth-order valence-corrected chi connectivity index (χ4v) is 4.17. The van der Waals surface area contributed by atoms with Gasteiger partial charge in [0, 0.05) is 6.04 Å². The summed E-state index contributed by atoms with van der Waals surface area (Å²) in [7, 11) is 0. The zero-order chi connectivity index (χ0) is 16.0. The molecule has 5 heteroatoms. The number of nitrogens with one attached hydrogen (secondary N) is 1. The molecule has 1 aromatic carbocycles. The van der Waals surface area contributed by atoms with Crippen LogP contribution in [-0.2, 0) is 0 Å². The standard InChI is InChI=1S/C18H22N4O/c1-11-5-3-4-6-16(11)22-12(2)19-17(21-22)18(23)20-15-10-13-7-8-14(15)9-13/h3-6,13-15H,7-10H2,1-2H3,(H,20,23)/t13-,14-,15+/m0/s1. The van der Waals surface area contributed by atoms with Gasteiger partial charge in [0.05, 0.1) is 5.69 Å². The minimum atomic E-state index is -0.141. The molecule has 0 unspecified atom stereocenters. The molecule has 2 bridgehead atoms. The van der Waals surface area contributed by atoms with Crippen LogP contribution in [0, 0.1) is 25.7 Å². The number of amides is 1. The van der Waals surface area contributed by atoms with E-state index in [2.05, 4.69) is 15.4 Å². The molecule has 0 spiro atoms. The van der Waals surface area contributed by atoms with Gasteiger partial charge in [-0.2, -0.15) is 0 Å². The van der Waals surface area contributed by atoms with E-state index < -0.39 is 0 Å². The van der Waals surface area contributed by atoms with Crippen molar-refractivity contribution in [3.05, 3.63) is 41.5 Å². The lowest BCUT2D eigenvalue weighted by atomic mass is 9.95. The number of carbonyl (C=O) groups is 1. The molecule has 1 heterocycles. The van der Waals surface area contributed by atoms with Crippen molar-refractivity contribution in [3.8, 4) is 5.69 Å². The molecule has 0 aliphatic heterocycles. The number of nitrogens with zero attached hydrogens (tertiary/aromatic N) is 3. The molecule has 23 heavy (non-hydrogen) atoms. The summed E-state index contributed by atoms with van der Waals surface area (Å²) < 4.78 is 1.76. The van der Waals surface area contributed by atoms with Crippen LogP contribution < -0.4 is 5.32 Å². The van der Waals surface area contributed by atoms with E-state index in [9.17, 15) is 4.79 Å². The van der Waals surface area contributed by atoms with Crippen LogP contribution in [0.3, 0.4) is 0 Å². The Morgan fingerprint density at radius 1 is 1.22 bits per heavy atom. The first-order valence-corrected chi connectivity index (χ1v) is 8.42. The average Bonchev–Trinajstić information content (AvgIpc) is 3.23. The van der Waals surface area contributed by atoms with E-state index in [1.807, 2.05) is 38.1 Å². The smallest absolute Gasteiger partial charge is 0.291 e. The lowest BCUT2D eigenvalue weighted by Gasteiger charge is -2.22. The molecule has 2 fully saturated rings. The first-order chi connectivity index (χ1) is 11.1. The molecule has 2 saturated carbocycles. The molecule has 2 aliphatic carbocycles. The maximum absolute atomic E-state index is 12.5. The van der Waals surface area contributed by atoms with Gasteiger partial charge in [0.1, 0.15) is 5.82 Å². The summed E-state index contributed by atoms with van der Waals surface area (Å²) in [6, 6.07) is 8.30. The topological polar surface area (TPSA) is 59.8 Å². The molecule has 120 valence electrons. The summed E-state index contributed by atoms with van der Waals surface area (Å²) in [5.74, 6) is 2.33. The van der Waals surface area contributed by atoms with Crippen molar-refractivity contribution in [1.29, 1.82) is 0 Å². The predicted molar refractivity (Wildman–Crippen MR) is 87.5 cm³/mol. The van der Waals surface area contributed by atoms with Crippen LogP contribution in [-0.4, -0.2) is 26.7 Å². The van der Waals surface area contributed by atoms with Gasteiger partial charge in [0.2, 0.25) is 5.82 Å². The molecule has 4 rings (SSSR count). The molecule has 1 N–H and O–H groups in total. The molecule has 1 aromatic heterocycles. The van der Waals surface area contributed by atoms with E-state index in [1.165, 1.54) is 19.3 Å². The second-order valence-corrected chi connectivity index (χ2v) is 6.94. The number of hydrogen-bond donors (Lipinski definition) is 1. The van der Waals surface area contributed by atoms with Gasteiger partial charge >= 0.3 is 0 Å². The number of para-hydroxylation sites is 1. The molecule has 2 aliphatic rings. The summed E-state index contributed by atoms with van der Waals surface area (Å²) in [4.78, 5) is 16.9. The van der Waals surface area contributed by atoms with Crippen LogP contribution in [0.25, 0.3) is 5.69 Å². The highest BCUT2D eigenvalue weighted by atomic mass is 16.2. The van der Waals surface area contributed by atoms with Gasteiger partial charge in [-0.15, -0.1) is 5.10 Å². The summed E-state index contributed by atoms with van der Waals surface area (Å²) in [5, 5.41) is 7.59. The number of fused-ring (bicyclic) bond motifs is 2. The van der Waals surface area contributed by atoms with Gasteiger partial charge in [0.15, 0.2) is 0 Å². The third-order valence-electron chi connectivity index (χ3n) is 5.37. The lowest BCUT2D eigenvalue weighted by molar-refractivity contribution is 0.0912. The van der Waals surface area contributed by atoms with Crippen LogP contribution in [0.1, 0.15) is 47.7 Å². The van der Waals surface area contributed by atoms with Crippen LogP contribution in [0.15, 0.2) is 24.3 Å². The van der Waals surface area contributed by atoms with Crippen LogP contribution >= 0.6 is 0 Å².